The van der Waals surface area contributed by atoms with Gasteiger partial charge in [0.1, 0.15) is 0 Å². The molecule has 0 unspecified atom stereocenters. The molecule has 1 radical (unpaired) electrons. The highest BCUT2D eigenvalue weighted by atomic mass is 28.3. The normalized spacial score (nSPS) is 13.9. The van der Waals surface area contributed by atoms with Crippen LogP contribution >= 0.6 is 0 Å². The summed E-state index contributed by atoms with van der Waals surface area (Å²) >= 11 is 0. The van der Waals surface area contributed by atoms with Gasteiger partial charge < -0.3 is 5.32 Å². The molecule has 0 aliphatic heterocycles. The molecular weight excluding hydrogens is 286 g/mol. The molecule has 1 aliphatic carbocycles. The van der Waals surface area contributed by atoms with Gasteiger partial charge in [0, 0.05) is 11.1 Å². The molecule has 113 valence electrons. The molecule has 0 heterocycles. The number of fused-ring (bicyclic) bond motifs is 3. The van der Waals surface area contributed by atoms with Crippen molar-refractivity contribution >= 4 is 14.3 Å². The maximum Gasteiger partial charge on any atom is 0.191 e. The standard InChI is InChI=1S/C19H22NOSi/c1-19(2,3)20-18(21)22(4)17-15-11-7-5-9-13(15)14-10-6-8-12-16(14)17/h5-12,17H,1-4H3,(H,20,21). The van der Waals surface area contributed by atoms with Crippen LogP contribution in [0.4, 0.5) is 4.79 Å². The third-order valence-corrected chi connectivity index (χ3v) is 6.44. The van der Waals surface area contributed by atoms with E-state index in [0.717, 1.165) is 0 Å². The number of benzene rings is 2. The van der Waals surface area contributed by atoms with Crippen molar-refractivity contribution in [1.82, 2.24) is 5.32 Å². The van der Waals surface area contributed by atoms with Crippen molar-refractivity contribution in [2.45, 2.75) is 38.4 Å². The summed E-state index contributed by atoms with van der Waals surface area (Å²) in [7, 11) is -1.25. The molecule has 0 fully saturated rings. The van der Waals surface area contributed by atoms with Crippen LogP contribution in [0.2, 0.25) is 6.55 Å². The lowest BCUT2D eigenvalue weighted by Gasteiger charge is -2.26. The molecule has 1 amide bonds. The van der Waals surface area contributed by atoms with Crippen molar-refractivity contribution in [2.75, 3.05) is 0 Å². The second kappa shape index (κ2) is 5.40. The van der Waals surface area contributed by atoms with Gasteiger partial charge in [-0.25, -0.2) is 0 Å². The zero-order chi connectivity index (χ0) is 15.9. The highest BCUT2D eigenvalue weighted by molar-refractivity contribution is 6.90. The van der Waals surface area contributed by atoms with Crippen LogP contribution in [-0.2, 0) is 0 Å². The molecular formula is C19H22NOSi. The molecule has 2 aromatic carbocycles. The van der Waals surface area contributed by atoms with E-state index in [2.05, 4.69) is 60.4 Å². The monoisotopic (exact) mass is 308 g/mol. The van der Waals surface area contributed by atoms with Gasteiger partial charge in [0.2, 0.25) is 0 Å². The van der Waals surface area contributed by atoms with Crippen LogP contribution in [0.5, 0.6) is 0 Å². The van der Waals surface area contributed by atoms with Crippen LogP contribution < -0.4 is 5.32 Å². The average molecular weight is 308 g/mol. The van der Waals surface area contributed by atoms with E-state index in [1.54, 1.807) is 0 Å². The molecule has 1 N–H and O–H groups in total. The van der Waals surface area contributed by atoms with E-state index in [1.165, 1.54) is 22.3 Å². The summed E-state index contributed by atoms with van der Waals surface area (Å²) in [5, 5.41) is 3.16. The first-order valence-corrected chi connectivity index (χ1v) is 9.80. The second-order valence-electron chi connectivity index (χ2n) is 6.99. The minimum atomic E-state index is -1.25. The first-order valence-electron chi connectivity index (χ1n) is 7.72. The summed E-state index contributed by atoms with van der Waals surface area (Å²) in [5.41, 5.74) is 5.47. The van der Waals surface area contributed by atoms with Crippen LogP contribution in [0.15, 0.2) is 48.5 Å². The van der Waals surface area contributed by atoms with Crippen LogP contribution in [0.25, 0.3) is 11.1 Å². The number of rotatable bonds is 2. The predicted octanol–water partition coefficient (Wildman–Crippen LogP) is 4.55. The maximum atomic E-state index is 12.7. The van der Waals surface area contributed by atoms with Gasteiger partial charge in [-0.3, -0.25) is 4.79 Å². The minimum absolute atomic E-state index is 0.180. The van der Waals surface area contributed by atoms with E-state index in [1.807, 2.05) is 20.8 Å². The number of hydrogen-bond donors (Lipinski definition) is 1. The van der Waals surface area contributed by atoms with Crippen LogP contribution in [-0.4, -0.2) is 19.9 Å². The van der Waals surface area contributed by atoms with Crippen molar-refractivity contribution in [3.63, 3.8) is 0 Å². The Morgan fingerprint density at radius 3 is 1.86 bits per heavy atom. The van der Waals surface area contributed by atoms with E-state index in [4.69, 9.17) is 0 Å². The maximum absolute atomic E-state index is 12.7. The molecule has 3 heteroatoms. The quantitative estimate of drug-likeness (QED) is 0.810. The summed E-state index contributed by atoms with van der Waals surface area (Å²) < 4.78 is 0. The molecule has 22 heavy (non-hydrogen) atoms. The Hall–Kier alpha value is -1.87. The SMILES string of the molecule is C[Si](C(=O)NC(C)(C)C)C1c2ccccc2-c2ccccc21. The predicted molar refractivity (Wildman–Crippen MR) is 93.6 cm³/mol. The van der Waals surface area contributed by atoms with Crippen molar-refractivity contribution in [2.24, 2.45) is 0 Å². The van der Waals surface area contributed by atoms with Gasteiger partial charge in [0.25, 0.3) is 0 Å². The van der Waals surface area contributed by atoms with Crippen molar-refractivity contribution in [3.05, 3.63) is 59.7 Å². The summed E-state index contributed by atoms with van der Waals surface area (Å²) in [6.45, 7) is 8.25. The van der Waals surface area contributed by atoms with E-state index in [9.17, 15) is 4.79 Å². The van der Waals surface area contributed by atoms with Gasteiger partial charge in [-0.1, -0.05) is 55.1 Å². The van der Waals surface area contributed by atoms with Gasteiger partial charge in [0.15, 0.2) is 14.3 Å². The van der Waals surface area contributed by atoms with Crippen molar-refractivity contribution in [1.29, 1.82) is 0 Å². The summed E-state index contributed by atoms with van der Waals surface area (Å²) in [6.07, 6.45) is 0. The summed E-state index contributed by atoms with van der Waals surface area (Å²) in [4.78, 5) is 12.7. The Morgan fingerprint density at radius 2 is 1.41 bits per heavy atom. The molecule has 0 aromatic heterocycles. The number of hydrogen-bond acceptors (Lipinski definition) is 1. The number of amides is 1. The second-order valence-corrected chi connectivity index (χ2v) is 9.39. The highest BCUT2D eigenvalue weighted by Crippen LogP contribution is 2.45. The molecule has 0 atom stereocenters. The molecule has 2 nitrogen and oxygen atoms in total. The lowest BCUT2D eigenvalue weighted by molar-refractivity contribution is 0.250. The smallest absolute Gasteiger partial charge is 0.191 e. The van der Waals surface area contributed by atoms with Gasteiger partial charge in [-0.05, 0) is 43.0 Å². The molecule has 2 aromatic rings. The number of carbonyl (C=O) groups is 1. The third-order valence-electron chi connectivity index (χ3n) is 4.11. The van der Waals surface area contributed by atoms with E-state index in [0.29, 0.717) is 0 Å². The van der Waals surface area contributed by atoms with Gasteiger partial charge >= 0.3 is 0 Å². The van der Waals surface area contributed by atoms with Crippen molar-refractivity contribution < 1.29 is 4.79 Å². The molecule has 1 aliphatic rings. The molecule has 0 spiro atoms. The molecule has 3 rings (SSSR count). The lowest BCUT2D eigenvalue weighted by atomic mass is 10.1. The third kappa shape index (κ3) is 2.61. The Balaban J connectivity index is 2.02. The fraction of sp³-hybridized carbons (Fsp3) is 0.316. The number of nitrogens with one attached hydrogen (secondary N) is 1. The van der Waals surface area contributed by atoms with Crippen LogP contribution in [0, 0.1) is 0 Å². The fourth-order valence-corrected chi connectivity index (χ4v) is 5.46. The van der Waals surface area contributed by atoms with E-state index >= 15 is 0 Å². The fourth-order valence-electron chi connectivity index (χ4n) is 3.19. The zero-order valence-electron chi connectivity index (χ0n) is 13.6. The topological polar surface area (TPSA) is 29.1 Å². The Kier molecular flexibility index (Phi) is 3.69. The van der Waals surface area contributed by atoms with Crippen LogP contribution in [0.1, 0.15) is 37.4 Å². The van der Waals surface area contributed by atoms with Gasteiger partial charge in [-0.2, -0.15) is 0 Å². The Bertz CT molecular complexity index is 672. The minimum Gasteiger partial charge on any atom is -0.356 e. The highest BCUT2D eigenvalue weighted by Gasteiger charge is 2.37. The number of carbonyl (C=O) groups excluding carboxylic acids is 1. The average Bonchev–Trinajstić information content (AvgIpc) is 2.79. The van der Waals surface area contributed by atoms with Gasteiger partial charge in [0.05, 0.1) is 0 Å². The molecule has 0 saturated carbocycles. The molecule has 0 saturated heterocycles. The Labute approximate surface area is 134 Å². The van der Waals surface area contributed by atoms with Crippen molar-refractivity contribution in [3.8, 4) is 11.1 Å². The van der Waals surface area contributed by atoms with Crippen LogP contribution in [0.3, 0.4) is 0 Å². The largest absolute Gasteiger partial charge is 0.356 e. The first-order chi connectivity index (χ1) is 10.4. The lowest BCUT2D eigenvalue weighted by Crippen LogP contribution is -2.48. The zero-order valence-corrected chi connectivity index (χ0v) is 14.6. The summed E-state index contributed by atoms with van der Waals surface area (Å²) in [6, 6.07) is 17.0. The van der Waals surface area contributed by atoms with E-state index < -0.39 is 8.80 Å². The molecule has 0 bridgehead atoms. The first kappa shape index (κ1) is 15.0. The van der Waals surface area contributed by atoms with E-state index in [-0.39, 0.29) is 16.6 Å². The Morgan fingerprint density at radius 1 is 0.955 bits per heavy atom. The summed E-state index contributed by atoms with van der Waals surface area (Å²) in [5.74, 6) is 0. The van der Waals surface area contributed by atoms with Gasteiger partial charge in [-0.15, -0.1) is 0 Å².